The van der Waals surface area contributed by atoms with Crippen molar-refractivity contribution in [2.45, 2.75) is 19.3 Å². The summed E-state index contributed by atoms with van der Waals surface area (Å²) in [5.41, 5.74) is 6.87. The van der Waals surface area contributed by atoms with Crippen molar-refractivity contribution in [1.29, 1.82) is 0 Å². The van der Waals surface area contributed by atoms with Crippen LogP contribution in [0.4, 0.5) is 10.1 Å². The number of anilines is 1. The van der Waals surface area contributed by atoms with Gasteiger partial charge in [0.15, 0.2) is 5.65 Å². The number of fused-ring (bicyclic) bond motifs is 2. The van der Waals surface area contributed by atoms with E-state index < -0.39 is 15.7 Å². The number of nitrogens with zero attached hydrogens (tertiary/aromatic N) is 4. The summed E-state index contributed by atoms with van der Waals surface area (Å²) in [6, 6.07) is 10.4. The molecule has 1 amide bonds. The van der Waals surface area contributed by atoms with Crippen LogP contribution in [0.5, 0.6) is 0 Å². The van der Waals surface area contributed by atoms with Crippen LogP contribution in [-0.2, 0) is 21.1 Å². The molecule has 0 spiro atoms. The number of hydrogen-bond donors (Lipinski definition) is 3. The SMILES string of the molecule is CS(=O)(=O)CCc1cc(F)cc(-c2cncc3[nH]c(-c4[nH]nc5ncc(-c6cncc(NC(=O)C7CC7)c6)cc45)cc23)c1. The van der Waals surface area contributed by atoms with Crippen LogP contribution in [0.25, 0.3) is 55.6 Å². The Balaban J connectivity index is 1.25. The van der Waals surface area contributed by atoms with Crippen LogP contribution in [0, 0.1) is 11.7 Å². The monoisotopic (exact) mass is 595 g/mol. The van der Waals surface area contributed by atoms with Crippen LogP contribution >= 0.6 is 0 Å². The third-order valence-corrected chi connectivity index (χ3v) is 8.49. The number of hydrogen-bond acceptors (Lipinski definition) is 7. The second-order valence-electron chi connectivity index (χ2n) is 11.0. The molecule has 1 aliphatic rings. The van der Waals surface area contributed by atoms with Crippen molar-refractivity contribution in [2.24, 2.45) is 5.92 Å². The number of sulfone groups is 1. The number of nitrogens with one attached hydrogen (secondary N) is 3. The molecule has 10 nitrogen and oxygen atoms in total. The summed E-state index contributed by atoms with van der Waals surface area (Å²) in [7, 11) is -3.19. The molecule has 3 N–H and O–H groups in total. The Morgan fingerprint density at radius 3 is 2.58 bits per heavy atom. The molecule has 1 aliphatic carbocycles. The van der Waals surface area contributed by atoms with Crippen molar-refractivity contribution >= 4 is 43.4 Å². The van der Waals surface area contributed by atoms with Crippen molar-refractivity contribution in [1.82, 2.24) is 30.1 Å². The minimum absolute atomic E-state index is 0.0145. The number of benzene rings is 1. The average molecular weight is 596 g/mol. The predicted octanol–water partition coefficient (Wildman–Crippen LogP) is 5.30. The second kappa shape index (κ2) is 10.4. The molecule has 7 rings (SSSR count). The van der Waals surface area contributed by atoms with Gasteiger partial charge in [-0.25, -0.2) is 17.8 Å². The van der Waals surface area contributed by atoms with Gasteiger partial charge in [0, 0.05) is 58.2 Å². The minimum Gasteiger partial charge on any atom is -0.352 e. The first-order valence-electron chi connectivity index (χ1n) is 13.8. The van der Waals surface area contributed by atoms with E-state index in [2.05, 4.69) is 35.5 Å². The van der Waals surface area contributed by atoms with Crippen LogP contribution in [0.2, 0.25) is 0 Å². The van der Waals surface area contributed by atoms with Crippen LogP contribution < -0.4 is 5.32 Å². The summed E-state index contributed by atoms with van der Waals surface area (Å²) >= 11 is 0. The zero-order valence-corrected chi connectivity index (χ0v) is 23.9. The number of carbonyl (C=O) groups excluding carboxylic acids is 1. The van der Waals surface area contributed by atoms with Gasteiger partial charge in [0.1, 0.15) is 15.7 Å². The average Bonchev–Trinajstić information content (AvgIpc) is 3.61. The van der Waals surface area contributed by atoms with Gasteiger partial charge < -0.3 is 10.3 Å². The maximum Gasteiger partial charge on any atom is 0.227 e. The molecule has 0 unspecified atom stereocenters. The fraction of sp³-hybridized carbons (Fsp3) is 0.194. The Hall–Kier alpha value is -4.97. The summed E-state index contributed by atoms with van der Waals surface area (Å²) in [6.45, 7) is 0. The fourth-order valence-electron chi connectivity index (χ4n) is 5.19. The van der Waals surface area contributed by atoms with Crippen molar-refractivity contribution < 1.29 is 17.6 Å². The lowest BCUT2D eigenvalue weighted by Crippen LogP contribution is -2.13. The third kappa shape index (κ3) is 5.61. The number of rotatable bonds is 8. The van der Waals surface area contributed by atoms with Crippen LogP contribution in [-0.4, -0.2) is 56.5 Å². The third-order valence-electron chi connectivity index (χ3n) is 7.54. The highest BCUT2D eigenvalue weighted by molar-refractivity contribution is 7.90. The lowest BCUT2D eigenvalue weighted by atomic mass is 10.0. The summed E-state index contributed by atoms with van der Waals surface area (Å²) in [5.74, 6) is -0.409. The van der Waals surface area contributed by atoms with Gasteiger partial charge in [-0.1, -0.05) is 6.07 Å². The summed E-state index contributed by atoms with van der Waals surface area (Å²) in [5, 5.41) is 12.0. The molecular weight excluding hydrogens is 569 g/mol. The maximum absolute atomic E-state index is 14.6. The lowest BCUT2D eigenvalue weighted by molar-refractivity contribution is -0.117. The van der Waals surface area contributed by atoms with Gasteiger partial charge in [0.2, 0.25) is 5.91 Å². The van der Waals surface area contributed by atoms with Gasteiger partial charge in [0.05, 0.1) is 40.7 Å². The molecule has 1 aromatic carbocycles. The molecule has 5 heterocycles. The number of pyridine rings is 3. The molecule has 6 aromatic rings. The molecular formula is C31H26FN7O3S. The number of aromatic amines is 2. The molecule has 12 heteroatoms. The Labute approximate surface area is 245 Å². The molecule has 1 fully saturated rings. The second-order valence-corrected chi connectivity index (χ2v) is 13.2. The molecule has 0 saturated heterocycles. The number of aryl methyl sites for hydroxylation is 1. The highest BCUT2D eigenvalue weighted by atomic mass is 32.2. The number of halogens is 1. The van der Waals surface area contributed by atoms with Gasteiger partial charge in [-0.05, 0) is 60.7 Å². The van der Waals surface area contributed by atoms with E-state index in [0.29, 0.717) is 33.7 Å². The first-order chi connectivity index (χ1) is 20.7. The van der Waals surface area contributed by atoms with Gasteiger partial charge >= 0.3 is 0 Å². The Kier molecular flexibility index (Phi) is 6.50. The Morgan fingerprint density at radius 2 is 1.77 bits per heavy atom. The van der Waals surface area contributed by atoms with E-state index in [4.69, 9.17) is 0 Å². The Morgan fingerprint density at radius 1 is 0.953 bits per heavy atom. The summed E-state index contributed by atoms with van der Waals surface area (Å²) in [4.78, 5) is 28.8. The maximum atomic E-state index is 14.6. The van der Waals surface area contributed by atoms with E-state index in [1.54, 1.807) is 37.1 Å². The quantitative estimate of drug-likeness (QED) is 0.216. The van der Waals surface area contributed by atoms with E-state index >= 15 is 0 Å². The highest BCUT2D eigenvalue weighted by Gasteiger charge is 2.29. The van der Waals surface area contributed by atoms with Crippen molar-refractivity contribution in [2.75, 3.05) is 17.3 Å². The van der Waals surface area contributed by atoms with Gasteiger partial charge in [-0.15, -0.1) is 0 Å². The van der Waals surface area contributed by atoms with Crippen molar-refractivity contribution in [3.8, 4) is 33.6 Å². The zero-order chi connectivity index (χ0) is 29.7. The van der Waals surface area contributed by atoms with Crippen LogP contribution in [0.3, 0.4) is 0 Å². The Bertz CT molecular complexity index is 2150. The van der Waals surface area contributed by atoms with Gasteiger partial charge in [0.25, 0.3) is 0 Å². The zero-order valence-electron chi connectivity index (χ0n) is 23.1. The lowest BCUT2D eigenvalue weighted by Gasteiger charge is -2.07. The number of carbonyl (C=O) groups is 1. The highest BCUT2D eigenvalue weighted by Crippen LogP contribution is 2.35. The number of H-pyrrole nitrogens is 2. The van der Waals surface area contributed by atoms with Crippen molar-refractivity contribution in [3.05, 3.63) is 78.8 Å². The van der Waals surface area contributed by atoms with Gasteiger partial charge in [-0.2, -0.15) is 5.10 Å². The molecule has 0 radical (unpaired) electrons. The first-order valence-corrected chi connectivity index (χ1v) is 15.8. The standard InChI is InChI=1S/C31H26FN7O3S/c1-43(41,42)5-4-17-6-19(8-22(32)7-17)26-15-34-16-28-24(26)11-27(37-28)29-25-10-21(13-35-30(25)39-38-29)20-9-23(14-33-12-20)36-31(40)18-2-3-18/h6-16,18,37H,2-5H2,1H3,(H,36,40)(H,35,38,39). The van der Waals surface area contributed by atoms with Gasteiger partial charge in [-0.3, -0.25) is 19.9 Å². The summed E-state index contributed by atoms with van der Waals surface area (Å²) in [6.07, 6.45) is 11.7. The minimum atomic E-state index is -3.19. The largest absolute Gasteiger partial charge is 0.352 e. The van der Waals surface area contributed by atoms with Crippen LogP contribution in [0.15, 0.2) is 67.4 Å². The number of amides is 1. The van der Waals surface area contributed by atoms with E-state index in [1.165, 1.54) is 18.4 Å². The van der Waals surface area contributed by atoms with E-state index in [1.807, 2.05) is 18.2 Å². The molecule has 216 valence electrons. The van der Waals surface area contributed by atoms with Crippen molar-refractivity contribution in [3.63, 3.8) is 0 Å². The molecule has 0 bridgehead atoms. The molecule has 1 saturated carbocycles. The normalized spacial score (nSPS) is 13.5. The smallest absolute Gasteiger partial charge is 0.227 e. The molecule has 5 aromatic heterocycles. The molecule has 0 atom stereocenters. The van der Waals surface area contributed by atoms with E-state index in [0.717, 1.165) is 46.0 Å². The number of aromatic nitrogens is 6. The van der Waals surface area contributed by atoms with E-state index in [9.17, 15) is 17.6 Å². The fourth-order valence-corrected chi connectivity index (χ4v) is 5.79. The molecule has 0 aliphatic heterocycles. The molecule has 43 heavy (non-hydrogen) atoms. The van der Waals surface area contributed by atoms with E-state index in [-0.39, 0.29) is 24.0 Å². The topological polar surface area (TPSA) is 146 Å². The first kappa shape index (κ1) is 26.9. The summed E-state index contributed by atoms with van der Waals surface area (Å²) < 4.78 is 38.0. The van der Waals surface area contributed by atoms with Crippen LogP contribution in [0.1, 0.15) is 18.4 Å². The predicted molar refractivity (Wildman–Crippen MR) is 162 cm³/mol.